The Bertz CT molecular complexity index is 1320. The fourth-order valence-corrected chi connectivity index (χ4v) is 3.46. The van der Waals surface area contributed by atoms with Gasteiger partial charge in [-0.05, 0) is 42.5 Å². The maximum absolute atomic E-state index is 13.0. The fourth-order valence-electron chi connectivity index (χ4n) is 3.46. The van der Waals surface area contributed by atoms with Crippen LogP contribution in [0.25, 0.3) is 0 Å². The molecule has 37 heavy (non-hydrogen) atoms. The van der Waals surface area contributed by atoms with E-state index in [9.17, 15) is 34.5 Å². The van der Waals surface area contributed by atoms with Gasteiger partial charge in [0.05, 0.1) is 39.6 Å². The summed E-state index contributed by atoms with van der Waals surface area (Å²) in [5.74, 6) is -7.59. The highest BCUT2D eigenvalue weighted by molar-refractivity contribution is 6.52. The lowest BCUT2D eigenvalue weighted by Gasteiger charge is -2.12. The van der Waals surface area contributed by atoms with Crippen molar-refractivity contribution in [3.05, 3.63) is 64.7 Å². The summed E-state index contributed by atoms with van der Waals surface area (Å²) in [5.41, 5.74) is -1.91. The number of Topliss-reactive ketones (excluding diaryl/α,β-unsaturated/α-hetero) is 4. The zero-order valence-electron chi connectivity index (χ0n) is 20.1. The van der Waals surface area contributed by atoms with E-state index >= 15 is 0 Å². The number of hydrogen-bond donors (Lipinski definition) is 3. The Morgan fingerprint density at radius 1 is 0.486 bits per heavy atom. The van der Waals surface area contributed by atoms with Crippen LogP contribution in [0.2, 0.25) is 0 Å². The van der Waals surface area contributed by atoms with E-state index in [1.165, 1.54) is 64.8 Å². The minimum absolute atomic E-state index is 0.148. The van der Waals surface area contributed by atoms with E-state index < -0.39 is 51.5 Å². The van der Waals surface area contributed by atoms with Gasteiger partial charge < -0.3 is 34.3 Å². The molecule has 3 rings (SSSR count). The number of phenols is 3. The van der Waals surface area contributed by atoms with Crippen molar-refractivity contribution in [1.29, 1.82) is 0 Å². The fraction of sp³-hybridized carbons (Fsp3) is 0.154. The summed E-state index contributed by atoms with van der Waals surface area (Å²) in [5, 5.41) is 30.7. The van der Waals surface area contributed by atoms with Crippen LogP contribution >= 0.6 is 0 Å². The van der Waals surface area contributed by atoms with Gasteiger partial charge in [0.15, 0.2) is 34.5 Å². The number of phenolic OH excluding ortho intramolecular Hbond substituents is 3. The van der Waals surface area contributed by atoms with Crippen molar-refractivity contribution < 1.29 is 53.4 Å². The number of methoxy groups -OCH3 is 4. The molecule has 0 saturated heterocycles. The van der Waals surface area contributed by atoms with Crippen LogP contribution in [-0.2, 0) is 0 Å². The largest absolute Gasteiger partial charge is 0.504 e. The molecule has 0 heterocycles. The first-order chi connectivity index (χ1) is 17.6. The van der Waals surface area contributed by atoms with Crippen LogP contribution in [0.1, 0.15) is 41.4 Å². The van der Waals surface area contributed by atoms with E-state index in [-0.39, 0.29) is 34.1 Å². The first-order valence-electron chi connectivity index (χ1n) is 10.5. The molecule has 0 aliphatic carbocycles. The van der Waals surface area contributed by atoms with Crippen molar-refractivity contribution >= 4 is 23.1 Å². The molecule has 11 heteroatoms. The molecule has 0 saturated carbocycles. The van der Waals surface area contributed by atoms with Gasteiger partial charge in [-0.15, -0.1) is 0 Å². The first kappa shape index (κ1) is 26.5. The van der Waals surface area contributed by atoms with Crippen molar-refractivity contribution in [1.82, 2.24) is 0 Å². The topological polar surface area (TPSA) is 166 Å². The third-order valence-corrected chi connectivity index (χ3v) is 5.44. The van der Waals surface area contributed by atoms with Gasteiger partial charge in [0.2, 0.25) is 28.9 Å². The molecule has 3 aromatic rings. The minimum atomic E-state index is -1.33. The summed E-state index contributed by atoms with van der Waals surface area (Å²) in [6.07, 6.45) is 0. The van der Waals surface area contributed by atoms with Crippen molar-refractivity contribution in [2.24, 2.45) is 0 Å². The number of carbonyl (C=O) groups is 4. The second-order valence-electron chi connectivity index (χ2n) is 7.47. The number of ether oxygens (including phenoxy) is 4. The van der Waals surface area contributed by atoms with Crippen LogP contribution < -0.4 is 18.9 Å². The summed E-state index contributed by atoms with van der Waals surface area (Å²) in [6.45, 7) is 0. The van der Waals surface area contributed by atoms with Gasteiger partial charge in [-0.1, -0.05) is 0 Å². The van der Waals surface area contributed by atoms with E-state index in [1.807, 2.05) is 0 Å². The summed E-state index contributed by atoms with van der Waals surface area (Å²) in [6, 6.07) is 8.41. The van der Waals surface area contributed by atoms with Gasteiger partial charge in [-0.2, -0.15) is 0 Å². The standard InChI is InChI=1S/C26H22O11/c1-34-16-7-5-12(9-18(16)36-3)20(27)22(29)14-11-15(25(32)26(33)24(14)31)23(30)21(28)13-6-8-17(35-2)19(10-13)37-4/h5-11,31-33H,1-4H3. The maximum atomic E-state index is 13.0. The van der Waals surface area contributed by atoms with Crippen molar-refractivity contribution in [3.63, 3.8) is 0 Å². The van der Waals surface area contributed by atoms with E-state index in [1.54, 1.807) is 0 Å². The average molecular weight is 510 g/mol. The van der Waals surface area contributed by atoms with Gasteiger partial charge in [0.1, 0.15) is 0 Å². The molecule has 0 fully saturated rings. The first-order valence-corrected chi connectivity index (χ1v) is 10.5. The molecule has 0 bridgehead atoms. The van der Waals surface area contributed by atoms with E-state index in [0.29, 0.717) is 6.07 Å². The van der Waals surface area contributed by atoms with Gasteiger partial charge in [0.25, 0.3) is 0 Å². The Balaban J connectivity index is 2.03. The number of rotatable bonds is 10. The van der Waals surface area contributed by atoms with Gasteiger partial charge >= 0.3 is 0 Å². The molecule has 0 spiro atoms. The van der Waals surface area contributed by atoms with Gasteiger partial charge in [-0.3, -0.25) is 19.2 Å². The van der Waals surface area contributed by atoms with Crippen LogP contribution in [0.15, 0.2) is 42.5 Å². The van der Waals surface area contributed by atoms with E-state index in [4.69, 9.17) is 18.9 Å². The Kier molecular flexibility index (Phi) is 7.67. The molecule has 0 aliphatic rings. The zero-order valence-corrected chi connectivity index (χ0v) is 20.1. The molecule has 11 nitrogen and oxygen atoms in total. The number of benzene rings is 3. The average Bonchev–Trinajstić information content (AvgIpc) is 2.93. The lowest BCUT2D eigenvalue weighted by molar-refractivity contribution is 0.0809. The summed E-state index contributed by atoms with van der Waals surface area (Å²) in [7, 11) is 5.41. The second-order valence-corrected chi connectivity index (χ2v) is 7.47. The van der Waals surface area contributed by atoms with Gasteiger partial charge in [-0.25, -0.2) is 0 Å². The third-order valence-electron chi connectivity index (χ3n) is 5.44. The Labute approximate surface area is 210 Å². The van der Waals surface area contributed by atoms with Gasteiger partial charge in [0, 0.05) is 11.1 Å². The smallest absolute Gasteiger partial charge is 0.237 e. The highest BCUT2D eigenvalue weighted by Gasteiger charge is 2.31. The number of ketones is 4. The van der Waals surface area contributed by atoms with Crippen LogP contribution in [0.5, 0.6) is 40.2 Å². The zero-order chi connectivity index (χ0) is 27.4. The molecule has 3 aromatic carbocycles. The maximum Gasteiger partial charge on any atom is 0.237 e. The molecule has 0 radical (unpaired) electrons. The van der Waals surface area contributed by atoms with Crippen molar-refractivity contribution in [3.8, 4) is 40.2 Å². The summed E-state index contributed by atoms with van der Waals surface area (Å²) < 4.78 is 20.4. The summed E-state index contributed by atoms with van der Waals surface area (Å²) >= 11 is 0. The molecule has 0 aromatic heterocycles. The highest BCUT2D eigenvalue weighted by Crippen LogP contribution is 2.41. The highest BCUT2D eigenvalue weighted by atomic mass is 16.5. The quantitative estimate of drug-likeness (QED) is 0.208. The van der Waals surface area contributed by atoms with Crippen LogP contribution in [0, 0.1) is 0 Å². The lowest BCUT2D eigenvalue weighted by atomic mass is 9.94. The Morgan fingerprint density at radius 3 is 1.16 bits per heavy atom. The molecule has 0 atom stereocenters. The monoisotopic (exact) mass is 510 g/mol. The molecule has 0 unspecified atom stereocenters. The van der Waals surface area contributed by atoms with Crippen LogP contribution in [-0.4, -0.2) is 66.9 Å². The summed E-state index contributed by atoms with van der Waals surface area (Å²) in [4.78, 5) is 51.6. The molecular weight excluding hydrogens is 488 g/mol. The van der Waals surface area contributed by atoms with E-state index in [2.05, 4.69) is 0 Å². The normalized spacial score (nSPS) is 10.4. The lowest BCUT2D eigenvalue weighted by Crippen LogP contribution is -2.18. The number of aromatic hydroxyl groups is 3. The van der Waals surface area contributed by atoms with E-state index in [0.717, 1.165) is 0 Å². The van der Waals surface area contributed by atoms with Crippen LogP contribution in [0.3, 0.4) is 0 Å². The SMILES string of the molecule is COc1ccc(C(=O)C(=O)c2cc(C(=O)C(=O)c3ccc(OC)c(OC)c3)c(O)c(O)c2O)cc1OC. The Hall–Kier alpha value is -5.06. The second kappa shape index (κ2) is 10.7. The third kappa shape index (κ3) is 4.87. The predicted molar refractivity (Wildman–Crippen MR) is 128 cm³/mol. The molecule has 0 amide bonds. The van der Waals surface area contributed by atoms with Crippen LogP contribution in [0.4, 0.5) is 0 Å². The van der Waals surface area contributed by atoms with Crippen molar-refractivity contribution in [2.45, 2.75) is 0 Å². The van der Waals surface area contributed by atoms with Crippen molar-refractivity contribution in [2.75, 3.05) is 28.4 Å². The number of hydrogen-bond acceptors (Lipinski definition) is 11. The Morgan fingerprint density at radius 2 is 0.838 bits per heavy atom. The number of carbonyl (C=O) groups excluding carboxylic acids is 4. The molecule has 0 aliphatic heterocycles. The molecule has 3 N–H and O–H groups in total. The minimum Gasteiger partial charge on any atom is -0.504 e. The molecule has 192 valence electrons. The predicted octanol–water partition coefficient (Wildman–Crippen LogP) is 2.97. The molecular formula is C26H22O11.